The molecular weight excluding hydrogens is 242 g/mol. The van der Waals surface area contributed by atoms with E-state index in [0.29, 0.717) is 11.5 Å². The maximum atomic E-state index is 11.4. The van der Waals surface area contributed by atoms with Gasteiger partial charge in [0.25, 0.3) is 0 Å². The number of carbonyl (C=O) groups is 2. The summed E-state index contributed by atoms with van der Waals surface area (Å²) in [5.74, 6) is -0.576. The molecule has 0 fully saturated rings. The lowest BCUT2D eigenvalue weighted by molar-refractivity contribution is -0.139. The zero-order chi connectivity index (χ0) is 13.5. The number of rotatable bonds is 6. The maximum Gasteiger partial charge on any atom is 0.326 e. The molecule has 0 aliphatic rings. The number of urea groups is 1. The van der Waals surface area contributed by atoms with Crippen LogP contribution in [0.4, 0.5) is 4.79 Å². The molecule has 18 heavy (non-hydrogen) atoms. The van der Waals surface area contributed by atoms with Gasteiger partial charge in [-0.25, -0.2) is 9.59 Å². The number of aliphatic hydroxyl groups is 1. The Morgan fingerprint density at radius 3 is 2.78 bits per heavy atom. The molecule has 0 spiro atoms. The van der Waals surface area contributed by atoms with Crippen molar-refractivity contribution in [2.24, 2.45) is 0 Å². The predicted molar refractivity (Wildman–Crippen MR) is 59.7 cm³/mol. The van der Waals surface area contributed by atoms with Crippen LogP contribution in [-0.4, -0.2) is 40.0 Å². The van der Waals surface area contributed by atoms with Crippen LogP contribution in [-0.2, 0) is 11.3 Å². The summed E-state index contributed by atoms with van der Waals surface area (Å²) in [7, 11) is 0. The molecule has 0 bridgehead atoms. The van der Waals surface area contributed by atoms with Crippen molar-refractivity contribution in [2.75, 3.05) is 6.61 Å². The molecule has 1 aromatic rings. The normalized spacial score (nSPS) is 11.9. The number of hydrogen-bond donors (Lipinski definition) is 4. The molecule has 4 N–H and O–H groups in total. The highest BCUT2D eigenvalue weighted by Crippen LogP contribution is 2.00. The van der Waals surface area contributed by atoms with Crippen LogP contribution in [0.25, 0.3) is 0 Å². The Bertz CT molecular complexity index is 417. The Morgan fingerprint density at radius 2 is 2.28 bits per heavy atom. The minimum absolute atomic E-state index is 0.0498. The van der Waals surface area contributed by atoms with E-state index in [4.69, 9.17) is 14.7 Å². The summed E-state index contributed by atoms with van der Waals surface area (Å²) in [6, 6.07) is -0.103. The van der Waals surface area contributed by atoms with E-state index >= 15 is 0 Å². The Balaban J connectivity index is 2.38. The first kappa shape index (κ1) is 14.0. The smallest absolute Gasteiger partial charge is 0.326 e. The summed E-state index contributed by atoms with van der Waals surface area (Å²) >= 11 is 0. The quantitative estimate of drug-likeness (QED) is 0.550. The Morgan fingerprint density at radius 1 is 1.56 bits per heavy atom. The van der Waals surface area contributed by atoms with Gasteiger partial charge in [0.1, 0.15) is 17.5 Å². The zero-order valence-corrected chi connectivity index (χ0v) is 9.84. The highest BCUT2D eigenvalue weighted by molar-refractivity contribution is 5.82. The number of carboxylic acid groups (broad SMARTS) is 1. The van der Waals surface area contributed by atoms with Crippen molar-refractivity contribution >= 4 is 12.0 Å². The van der Waals surface area contributed by atoms with Gasteiger partial charge >= 0.3 is 12.0 Å². The van der Waals surface area contributed by atoms with Crippen molar-refractivity contribution in [1.29, 1.82) is 0 Å². The van der Waals surface area contributed by atoms with Crippen molar-refractivity contribution in [3.05, 3.63) is 17.5 Å². The monoisotopic (exact) mass is 257 g/mol. The van der Waals surface area contributed by atoms with Gasteiger partial charge in [0.2, 0.25) is 0 Å². The summed E-state index contributed by atoms with van der Waals surface area (Å²) in [6.45, 7) is 1.53. The van der Waals surface area contributed by atoms with Gasteiger partial charge in [-0.3, -0.25) is 0 Å². The molecule has 8 heteroatoms. The second kappa shape index (κ2) is 6.60. The first-order valence-corrected chi connectivity index (χ1v) is 5.33. The summed E-state index contributed by atoms with van der Waals surface area (Å²) in [5, 5.41) is 25.7. The first-order valence-electron chi connectivity index (χ1n) is 5.33. The van der Waals surface area contributed by atoms with E-state index in [1.807, 2.05) is 0 Å². The molecule has 100 valence electrons. The van der Waals surface area contributed by atoms with Crippen molar-refractivity contribution in [2.45, 2.75) is 25.9 Å². The summed E-state index contributed by atoms with van der Waals surface area (Å²) in [4.78, 5) is 22.1. The fraction of sp³-hybridized carbons (Fsp3) is 0.500. The molecule has 1 rings (SSSR count). The first-order chi connectivity index (χ1) is 8.52. The van der Waals surface area contributed by atoms with Crippen molar-refractivity contribution in [3.63, 3.8) is 0 Å². The number of aliphatic carboxylic acids is 1. The zero-order valence-electron chi connectivity index (χ0n) is 9.84. The van der Waals surface area contributed by atoms with Crippen LogP contribution in [0.5, 0.6) is 0 Å². The summed E-state index contributed by atoms with van der Waals surface area (Å²) in [5.41, 5.74) is 0.539. The Kier molecular flexibility index (Phi) is 5.12. The third kappa shape index (κ3) is 4.42. The highest BCUT2D eigenvalue weighted by Gasteiger charge is 2.18. The second-order valence-electron chi connectivity index (χ2n) is 3.66. The van der Waals surface area contributed by atoms with Crippen LogP contribution in [0.2, 0.25) is 0 Å². The number of nitrogens with zero attached hydrogens (tertiary/aromatic N) is 1. The summed E-state index contributed by atoms with van der Waals surface area (Å²) in [6.07, 6.45) is -0.0498. The number of aliphatic hydroxyl groups excluding tert-OH is 1. The van der Waals surface area contributed by atoms with Gasteiger partial charge in [0.15, 0.2) is 0 Å². The van der Waals surface area contributed by atoms with Crippen LogP contribution < -0.4 is 10.6 Å². The van der Waals surface area contributed by atoms with Crippen LogP contribution in [0.3, 0.4) is 0 Å². The number of aryl methyl sites for hydroxylation is 1. The van der Waals surface area contributed by atoms with E-state index in [0.717, 1.165) is 0 Å². The molecule has 0 aromatic carbocycles. The molecule has 0 radical (unpaired) electrons. The molecule has 8 nitrogen and oxygen atoms in total. The molecule has 0 aliphatic heterocycles. The van der Waals surface area contributed by atoms with E-state index < -0.39 is 18.0 Å². The largest absolute Gasteiger partial charge is 0.480 e. The lowest BCUT2D eigenvalue weighted by Gasteiger charge is -2.13. The van der Waals surface area contributed by atoms with E-state index in [9.17, 15) is 9.59 Å². The van der Waals surface area contributed by atoms with Crippen LogP contribution >= 0.6 is 0 Å². The fourth-order valence-corrected chi connectivity index (χ4v) is 1.27. The topological polar surface area (TPSA) is 125 Å². The standard InChI is InChI=1S/C10H15N3O5/c1-6-4-7(13-18-6)5-11-10(17)12-8(2-3-14)9(15)16/h4,8,14H,2-3,5H2,1H3,(H,15,16)(H2,11,12,17). The van der Waals surface area contributed by atoms with E-state index in [-0.39, 0.29) is 19.6 Å². The van der Waals surface area contributed by atoms with E-state index in [1.165, 1.54) is 0 Å². The van der Waals surface area contributed by atoms with Gasteiger partial charge < -0.3 is 25.4 Å². The van der Waals surface area contributed by atoms with Crippen molar-refractivity contribution in [3.8, 4) is 0 Å². The molecule has 1 heterocycles. The predicted octanol–water partition coefficient (Wildman–Crippen LogP) is -0.382. The van der Waals surface area contributed by atoms with E-state index in [2.05, 4.69) is 15.8 Å². The SMILES string of the molecule is Cc1cc(CNC(=O)NC(CCO)C(=O)O)no1. The van der Waals surface area contributed by atoms with Gasteiger partial charge in [-0.2, -0.15) is 0 Å². The minimum Gasteiger partial charge on any atom is -0.480 e. The van der Waals surface area contributed by atoms with Gasteiger partial charge in [0, 0.05) is 19.1 Å². The van der Waals surface area contributed by atoms with Crippen LogP contribution in [0, 0.1) is 6.92 Å². The molecular formula is C10H15N3O5. The minimum atomic E-state index is -1.20. The summed E-state index contributed by atoms with van der Waals surface area (Å²) < 4.78 is 4.81. The Hall–Kier alpha value is -2.09. The third-order valence-electron chi connectivity index (χ3n) is 2.13. The molecule has 2 amide bonds. The number of hydrogen-bond acceptors (Lipinski definition) is 5. The number of nitrogens with one attached hydrogen (secondary N) is 2. The van der Waals surface area contributed by atoms with E-state index in [1.54, 1.807) is 13.0 Å². The number of carbonyl (C=O) groups excluding carboxylic acids is 1. The highest BCUT2D eigenvalue weighted by atomic mass is 16.5. The molecule has 1 aromatic heterocycles. The van der Waals surface area contributed by atoms with Gasteiger partial charge in [-0.15, -0.1) is 0 Å². The lowest BCUT2D eigenvalue weighted by atomic mass is 10.2. The molecule has 1 unspecified atom stereocenters. The van der Waals surface area contributed by atoms with Crippen LogP contribution in [0.15, 0.2) is 10.6 Å². The van der Waals surface area contributed by atoms with Gasteiger partial charge in [0.05, 0.1) is 6.54 Å². The number of carboxylic acids is 1. The average molecular weight is 257 g/mol. The molecule has 0 saturated heterocycles. The Labute approximate surface area is 103 Å². The fourth-order valence-electron chi connectivity index (χ4n) is 1.27. The maximum absolute atomic E-state index is 11.4. The average Bonchev–Trinajstić information content (AvgIpc) is 2.72. The van der Waals surface area contributed by atoms with Gasteiger partial charge in [-0.1, -0.05) is 5.16 Å². The second-order valence-corrected chi connectivity index (χ2v) is 3.66. The van der Waals surface area contributed by atoms with Crippen molar-refractivity contribution < 1.29 is 24.3 Å². The molecule has 1 atom stereocenters. The van der Waals surface area contributed by atoms with Crippen molar-refractivity contribution in [1.82, 2.24) is 15.8 Å². The molecule has 0 aliphatic carbocycles. The van der Waals surface area contributed by atoms with Crippen LogP contribution in [0.1, 0.15) is 17.9 Å². The van der Waals surface area contributed by atoms with Gasteiger partial charge in [-0.05, 0) is 6.92 Å². The third-order valence-corrected chi connectivity index (χ3v) is 2.13. The lowest BCUT2D eigenvalue weighted by Crippen LogP contribution is -2.46. The number of amides is 2. The molecule has 0 saturated carbocycles. The number of aromatic nitrogens is 1.